The van der Waals surface area contributed by atoms with E-state index in [2.05, 4.69) is 5.43 Å². The number of nitrogens with zero attached hydrogens (tertiary/aromatic N) is 3. The van der Waals surface area contributed by atoms with E-state index in [0.717, 1.165) is 37.2 Å². The number of carbonyl (C=O) groups is 1. The first-order valence-electron chi connectivity index (χ1n) is 10.5. The molecule has 2 heterocycles. The van der Waals surface area contributed by atoms with Crippen molar-refractivity contribution in [3.8, 4) is 0 Å². The average Bonchev–Trinajstić information content (AvgIpc) is 2.89. The van der Waals surface area contributed by atoms with E-state index in [1.165, 1.54) is 12.8 Å². The number of para-hydroxylation sites is 1. The largest absolute Gasteiger partial charge is 0.284 e. The summed E-state index contributed by atoms with van der Waals surface area (Å²) in [7, 11) is 0. The van der Waals surface area contributed by atoms with Crippen LogP contribution in [-0.2, 0) is 4.79 Å². The van der Waals surface area contributed by atoms with Crippen LogP contribution in [-0.4, -0.2) is 29.7 Å². The van der Waals surface area contributed by atoms with Crippen molar-refractivity contribution in [2.75, 3.05) is 18.1 Å². The lowest BCUT2D eigenvalue weighted by atomic mass is 9.91. The zero-order valence-electron chi connectivity index (χ0n) is 17.0. The van der Waals surface area contributed by atoms with Gasteiger partial charge < -0.3 is 0 Å². The van der Waals surface area contributed by atoms with Gasteiger partial charge in [0.1, 0.15) is 5.71 Å². The molecule has 0 saturated carbocycles. The van der Waals surface area contributed by atoms with Crippen molar-refractivity contribution in [1.82, 2.24) is 10.4 Å². The molecular formula is C23H26Cl2N4O. The molecule has 158 valence electrons. The van der Waals surface area contributed by atoms with E-state index >= 15 is 0 Å². The van der Waals surface area contributed by atoms with Crippen LogP contribution in [0.1, 0.15) is 44.2 Å². The second-order valence-corrected chi connectivity index (χ2v) is 8.75. The molecule has 4 rings (SSSR count). The molecule has 30 heavy (non-hydrogen) atoms. The van der Waals surface area contributed by atoms with Crippen LogP contribution in [0.3, 0.4) is 0 Å². The topological polar surface area (TPSA) is 47.9 Å². The Morgan fingerprint density at radius 3 is 2.33 bits per heavy atom. The van der Waals surface area contributed by atoms with Crippen LogP contribution in [0, 0.1) is 5.92 Å². The van der Waals surface area contributed by atoms with Gasteiger partial charge in [-0.3, -0.25) is 15.2 Å². The molecule has 2 aliphatic heterocycles. The molecule has 0 spiro atoms. The predicted molar refractivity (Wildman–Crippen MR) is 123 cm³/mol. The third-order valence-corrected chi connectivity index (χ3v) is 6.36. The molecule has 2 aliphatic rings. The molecular weight excluding hydrogens is 419 g/mol. The standard InChI is InChI=1S/C23H26Cl2N4O/c1-16-21(23(30)27-28-14-6-2-3-7-15-28)26-29(20-9-5-4-8-19(20)25)22(16)17-10-12-18(24)13-11-17/h4-5,8-13,16,22H,2-3,6-7,14-15H2,1H3,(H,27,30). The Labute approximate surface area is 187 Å². The highest BCUT2D eigenvalue weighted by atomic mass is 35.5. The van der Waals surface area contributed by atoms with Crippen LogP contribution < -0.4 is 10.4 Å². The number of rotatable bonds is 4. The Morgan fingerprint density at radius 1 is 1.00 bits per heavy atom. The monoisotopic (exact) mass is 444 g/mol. The SMILES string of the molecule is CC1C(C(=O)NN2CCCCCC2)=NN(c2ccccc2Cl)C1c1ccc(Cl)cc1. The fraction of sp³-hybridized carbons (Fsp3) is 0.391. The van der Waals surface area contributed by atoms with Gasteiger partial charge in [0.2, 0.25) is 0 Å². The third kappa shape index (κ3) is 4.48. The summed E-state index contributed by atoms with van der Waals surface area (Å²) in [4.78, 5) is 13.2. The summed E-state index contributed by atoms with van der Waals surface area (Å²) in [5.41, 5.74) is 5.41. The lowest BCUT2D eigenvalue weighted by Crippen LogP contribution is -2.46. The van der Waals surface area contributed by atoms with E-state index < -0.39 is 0 Å². The van der Waals surface area contributed by atoms with Crippen LogP contribution >= 0.6 is 23.2 Å². The first-order chi connectivity index (χ1) is 14.5. The number of nitrogens with one attached hydrogen (secondary N) is 1. The van der Waals surface area contributed by atoms with E-state index in [-0.39, 0.29) is 17.9 Å². The molecule has 2 unspecified atom stereocenters. The van der Waals surface area contributed by atoms with Gasteiger partial charge in [-0.1, -0.05) is 67.2 Å². The summed E-state index contributed by atoms with van der Waals surface area (Å²) in [5, 5.41) is 9.93. The Bertz CT molecular complexity index is 923. The van der Waals surface area contributed by atoms with Gasteiger partial charge in [0.05, 0.1) is 16.8 Å². The molecule has 0 bridgehead atoms. The maximum atomic E-state index is 13.2. The van der Waals surface area contributed by atoms with E-state index in [1.807, 2.05) is 65.5 Å². The van der Waals surface area contributed by atoms with E-state index in [9.17, 15) is 4.79 Å². The van der Waals surface area contributed by atoms with Crippen molar-refractivity contribution in [3.05, 3.63) is 64.1 Å². The molecule has 0 radical (unpaired) electrons. The van der Waals surface area contributed by atoms with Gasteiger partial charge >= 0.3 is 0 Å². The van der Waals surface area contributed by atoms with Crippen molar-refractivity contribution in [1.29, 1.82) is 0 Å². The van der Waals surface area contributed by atoms with Crippen LogP contribution in [0.4, 0.5) is 5.69 Å². The number of hydrazone groups is 1. The number of halogens is 2. The number of hydrazine groups is 1. The highest BCUT2D eigenvalue weighted by molar-refractivity contribution is 6.40. The quantitative estimate of drug-likeness (QED) is 0.681. The number of carbonyl (C=O) groups excluding carboxylic acids is 1. The van der Waals surface area contributed by atoms with Gasteiger partial charge in [-0.15, -0.1) is 0 Å². The van der Waals surface area contributed by atoms with Crippen molar-refractivity contribution < 1.29 is 4.79 Å². The number of anilines is 1. The summed E-state index contributed by atoms with van der Waals surface area (Å²) >= 11 is 12.6. The number of benzene rings is 2. The molecule has 0 aliphatic carbocycles. The molecule has 1 fully saturated rings. The number of amides is 1. The summed E-state index contributed by atoms with van der Waals surface area (Å²) in [5.74, 6) is -0.257. The summed E-state index contributed by atoms with van der Waals surface area (Å²) in [6, 6.07) is 15.1. The minimum Gasteiger partial charge on any atom is -0.284 e. The number of hydrogen-bond donors (Lipinski definition) is 1. The van der Waals surface area contributed by atoms with E-state index in [1.54, 1.807) is 0 Å². The Balaban J connectivity index is 1.65. The molecule has 1 N–H and O–H groups in total. The first-order valence-corrected chi connectivity index (χ1v) is 11.2. The maximum Gasteiger partial charge on any atom is 0.282 e. The molecule has 7 heteroatoms. The Hall–Kier alpha value is -2.08. The minimum atomic E-state index is -0.146. The van der Waals surface area contributed by atoms with Gasteiger partial charge in [0.15, 0.2) is 0 Å². The second kappa shape index (κ2) is 9.38. The summed E-state index contributed by atoms with van der Waals surface area (Å²) in [6.45, 7) is 3.79. The smallest absolute Gasteiger partial charge is 0.282 e. The zero-order valence-corrected chi connectivity index (χ0v) is 18.5. The average molecular weight is 445 g/mol. The maximum absolute atomic E-state index is 13.2. The lowest BCUT2D eigenvalue weighted by molar-refractivity contribution is -0.119. The summed E-state index contributed by atoms with van der Waals surface area (Å²) < 4.78 is 0. The number of hydrogen-bond acceptors (Lipinski definition) is 4. The van der Waals surface area contributed by atoms with Crippen LogP contribution in [0.25, 0.3) is 0 Å². The molecule has 2 atom stereocenters. The van der Waals surface area contributed by atoms with Gasteiger partial charge in [-0.2, -0.15) is 5.10 Å². The van der Waals surface area contributed by atoms with E-state index in [0.29, 0.717) is 15.8 Å². The fourth-order valence-corrected chi connectivity index (χ4v) is 4.55. The molecule has 5 nitrogen and oxygen atoms in total. The van der Waals surface area contributed by atoms with E-state index in [4.69, 9.17) is 28.3 Å². The van der Waals surface area contributed by atoms with Crippen LogP contribution in [0.15, 0.2) is 53.6 Å². The fourth-order valence-electron chi connectivity index (χ4n) is 4.20. The zero-order chi connectivity index (χ0) is 21.1. The predicted octanol–water partition coefficient (Wildman–Crippen LogP) is 5.45. The third-order valence-electron chi connectivity index (χ3n) is 5.79. The van der Waals surface area contributed by atoms with Crippen molar-refractivity contribution >= 4 is 40.5 Å². The first kappa shape index (κ1) is 21.2. The Kier molecular flexibility index (Phi) is 6.61. The summed E-state index contributed by atoms with van der Waals surface area (Å²) in [6.07, 6.45) is 4.62. The highest BCUT2D eigenvalue weighted by Gasteiger charge is 2.40. The molecule has 2 aromatic rings. The minimum absolute atomic E-state index is 0.116. The van der Waals surface area contributed by atoms with Crippen molar-refractivity contribution in [2.24, 2.45) is 11.0 Å². The van der Waals surface area contributed by atoms with Crippen molar-refractivity contribution in [3.63, 3.8) is 0 Å². The van der Waals surface area contributed by atoms with Crippen molar-refractivity contribution in [2.45, 2.75) is 38.6 Å². The second-order valence-electron chi connectivity index (χ2n) is 7.91. The van der Waals surface area contributed by atoms with Gasteiger partial charge in [-0.05, 0) is 42.7 Å². The van der Waals surface area contributed by atoms with Gasteiger partial charge in [0.25, 0.3) is 5.91 Å². The van der Waals surface area contributed by atoms with Gasteiger partial charge in [0, 0.05) is 24.0 Å². The van der Waals surface area contributed by atoms with Crippen LogP contribution in [0.5, 0.6) is 0 Å². The van der Waals surface area contributed by atoms with Gasteiger partial charge in [-0.25, -0.2) is 5.01 Å². The molecule has 0 aromatic heterocycles. The normalized spacial score (nSPS) is 22.5. The highest BCUT2D eigenvalue weighted by Crippen LogP contribution is 2.41. The molecule has 2 aromatic carbocycles. The Morgan fingerprint density at radius 2 is 1.67 bits per heavy atom. The molecule has 1 saturated heterocycles. The lowest BCUT2D eigenvalue weighted by Gasteiger charge is -2.27. The van der Waals surface area contributed by atoms with Crippen LogP contribution in [0.2, 0.25) is 10.0 Å². The molecule has 1 amide bonds.